The number of anilines is 1. The van der Waals surface area contributed by atoms with Crippen LogP contribution in [0.25, 0.3) is 10.9 Å². The first-order valence-electron chi connectivity index (χ1n) is 9.40. The van der Waals surface area contributed by atoms with E-state index in [1.165, 1.54) is 18.2 Å². The number of sulfonamides is 1. The summed E-state index contributed by atoms with van der Waals surface area (Å²) in [6.07, 6.45) is -3.05. The fourth-order valence-corrected chi connectivity index (χ4v) is 3.66. The van der Waals surface area contributed by atoms with Crippen LogP contribution in [0.5, 0.6) is 0 Å². The topological polar surface area (TPSA) is 93.1 Å². The predicted octanol–water partition coefficient (Wildman–Crippen LogP) is 2.97. The molecular formula is C20H21F3N4O3S. The average Bonchev–Trinajstić information content (AvgIpc) is 2.70. The first-order valence-corrected chi connectivity index (χ1v) is 11.3. The highest BCUT2D eigenvalue weighted by atomic mass is 32.2. The number of rotatable bonds is 8. The van der Waals surface area contributed by atoms with Gasteiger partial charge < -0.3 is 5.32 Å². The largest absolute Gasteiger partial charge is 0.416 e. The number of alkyl halides is 3. The van der Waals surface area contributed by atoms with Gasteiger partial charge in [-0.15, -0.1) is 0 Å². The van der Waals surface area contributed by atoms with E-state index in [-0.39, 0.29) is 24.5 Å². The van der Waals surface area contributed by atoms with Crippen molar-refractivity contribution < 1.29 is 21.6 Å². The van der Waals surface area contributed by atoms with Gasteiger partial charge in [-0.3, -0.25) is 9.48 Å². The Hall–Kier alpha value is -2.92. The number of hydrogen-bond acceptors (Lipinski definition) is 5. The lowest BCUT2D eigenvalue weighted by molar-refractivity contribution is -0.138. The number of aryl methyl sites for hydroxylation is 1. The lowest BCUT2D eigenvalue weighted by Gasteiger charge is -2.15. The quantitative estimate of drug-likeness (QED) is 0.511. The van der Waals surface area contributed by atoms with Crippen molar-refractivity contribution in [2.24, 2.45) is 0 Å². The smallest absolute Gasteiger partial charge is 0.361 e. The third-order valence-electron chi connectivity index (χ3n) is 4.54. The number of hydrogen-bond donors (Lipinski definition) is 2. The van der Waals surface area contributed by atoms with E-state index in [4.69, 9.17) is 0 Å². The van der Waals surface area contributed by atoms with Crippen molar-refractivity contribution in [2.75, 3.05) is 18.1 Å². The molecule has 0 atom stereocenters. The molecule has 11 heteroatoms. The maximum absolute atomic E-state index is 13.2. The van der Waals surface area contributed by atoms with Crippen molar-refractivity contribution >= 4 is 26.7 Å². The molecule has 0 fully saturated rings. The second-order valence-corrected chi connectivity index (χ2v) is 8.78. The number of halogens is 3. The first kappa shape index (κ1) is 22.8. The van der Waals surface area contributed by atoms with Gasteiger partial charge in [0.1, 0.15) is 0 Å². The summed E-state index contributed by atoms with van der Waals surface area (Å²) >= 11 is 0. The number of nitrogens with one attached hydrogen (secondary N) is 2. The van der Waals surface area contributed by atoms with Gasteiger partial charge in [0, 0.05) is 19.6 Å². The molecule has 0 saturated heterocycles. The van der Waals surface area contributed by atoms with E-state index >= 15 is 0 Å². The van der Waals surface area contributed by atoms with E-state index in [9.17, 15) is 26.4 Å². The number of benzene rings is 2. The van der Waals surface area contributed by atoms with Crippen LogP contribution < -0.4 is 15.5 Å². The lowest BCUT2D eigenvalue weighted by atomic mass is 10.1. The van der Waals surface area contributed by atoms with Crippen LogP contribution in [-0.4, -0.2) is 31.0 Å². The molecule has 0 radical (unpaired) electrons. The SMILES string of the molecule is CS(=O)(=O)NCCCn1nc(NCc2ccccc2C(F)(F)F)c(=O)c2ccccc21. The van der Waals surface area contributed by atoms with E-state index < -0.39 is 27.2 Å². The molecule has 0 unspecified atom stereocenters. The number of para-hydroxylation sites is 1. The normalized spacial score (nSPS) is 12.3. The minimum absolute atomic E-state index is 0.00624. The van der Waals surface area contributed by atoms with Crippen molar-refractivity contribution in [1.82, 2.24) is 14.5 Å². The molecule has 0 aliphatic rings. The molecule has 0 aliphatic carbocycles. The monoisotopic (exact) mass is 454 g/mol. The van der Waals surface area contributed by atoms with Gasteiger partial charge in [-0.1, -0.05) is 30.3 Å². The Bertz CT molecular complexity index is 1240. The van der Waals surface area contributed by atoms with E-state index in [0.717, 1.165) is 12.3 Å². The summed E-state index contributed by atoms with van der Waals surface area (Å²) in [5.74, 6) is -0.0771. The molecule has 7 nitrogen and oxygen atoms in total. The minimum atomic E-state index is -4.51. The fraction of sp³-hybridized carbons (Fsp3) is 0.300. The number of fused-ring (bicyclic) bond motifs is 1. The maximum Gasteiger partial charge on any atom is 0.416 e. The maximum atomic E-state index is 13.2. The number of aromatic nitrogens is 2. The molecule has 31 heavy (non-hydrogen) atoms. The number of nitrogens with zero attached hydrogens (tertiary/aromatic N) is 2. The Morgan fingerprint density at radius 3 is 2.45 bits per heavy atom. The van der Waals surface area contributed by atoms with Crippen LogP contribution >= 0.6 is 0 Å². The molecule has 0 saturated carbocycles. The summed E-state index contributed by atoms with van der Waals surface area (Å²) in [6.45, 7) is 0.256. The van der Waals surface area contributed by atoms with Gasteiger partial charge in [0.2, 0.25) is 15.5 Å². The third-order valence-corrected chi connectivity index (χ3v) is 5.27. The van der Waals surface area contributed by atoms with Gasteiger partial charge in [-0.05, 0) is 30.2 Å². The van der Waals surface area contributed by atoms with E-state index in [1.54, 1.807) is 28.9 Å². The van der Waals surface area contributed by atoms with Crippen LogP contribution in [-0.2, 0) is 29.3 Å². The van der Waals surface area contributed by atoms with Crippen molar-refractivity contribution in [3.8, 4) is 0 Å². The van der Waals surface area contributed by atoms with Crippen molar-refractivity contribution in [2.45, 2.75) is 25.7 Å². The van der Waals surface area contributed by atoms with Gasteiger partial charge in [-0.2, -0.15) is 18.3 Å². The Balaban J connectivity index is 1.88. The summed E-state index contributed by atoms with van der Waals surface area (Å²) in [4.78, 5) is 12.8. The molecule has 2 aromatic carbocycles. The standard InChI is InChI=1S/C20H21F3N4O3S/c1-31(29,30)25-11-6-12-27-17-10-5-3-8-15(17)18(28)19(26-27)24-13-14-7-2-4-9-16(14)20(21,22)23/h2-5,7-10,25H,6,11-13H2,1H3,(H,24,26). The average molecular weight is 454 g/mol. The molecule has 0 aliphatic heterocycles. The van der Waals surface area contributed by atoms with Crippen molar-refractivity contribution in [3.05, 3.63) is 69.9 Å². The van der Waals surface area contributed by atoms with Crippen LogP contribution in [0.4, 0.5) is 19.0 Å². The summed E-state index contributed by atoms with van der Waals surface area (Å²) in [7, 11) is -3.33. The van der Waals surface area contributed by atoms with Crippen LogP contribution in [0, 0.1) is 0 Å². The first-order chi connectivity index (χ1) is 14.6. The molecule has 0 spiro atoms. The van der Waals surface area contributed by atoms with Gasteiger partial charge >= 0.3 is 6.18 Å². The summed E-state index contributed by atoms with van der Waals surface area (Å²) in [5.41, 5.74) is -0.664. The Kier molecular flexibility index (Phi) is 6.65. The Morgan fingerprint density at radius 1 is 1.06 bits per heavy atom. The highest BCUT2D eigenvalue weighted by Gasteiger charge is 2.32. The van der Waals surface area contributed by atoms with Crippen LogP contribution in [0.1, 0.15) is 17.5 Å². The zero-order chi connectivity index (χ0) is 22.6. The van der Waals surface area contributed by atoms with Gasteiger partial charge in [0.05, 0.1) is 22.7 Å². The highest BCUT2D eigenvalue weighted by molar-refractivity contribution is 7.88. The van der Waals surface area contributed by atoms with Crippen molar-refractivity contribution in [1.29, 1.82) is 0 Å². The predicted molar refractivity (Wildman–Crippen MR) is 112 cm³/mol. The second kappa shape index (κ2) is 9.06. The summed E-state index contributed by atoms with van der Waals surface area (Å²) in [5, 5.41) is 7.37. The molecule has 1 aromatic heterocycles. The molecular weight excluding hydrogens is 433 g/mol. The van der Waals surface area contributed by atoms with Gasteiger partial charge in [0.25, 0.3) is 0 Å². The highest BCUT2D eigenvalue weighted by Crippen LogP contribution is 2.32. The van der Waals surface area contributed by atoms with E-state index in [2.05, 4.69) is 15.1 Å². The van der Waals surface area contributed by atoms with Crippen LogP contribution in [0.15, 0.2) is 53.3 Å². The van der Waals surface area contributed by atoms with Crippen LogP contribution in [0.2, 0.25) is 0 Å². The molecule has 0 bridgehead atoms. The summed E-state index contributed by atoms with van der Waals surface area (Å²) < 4.78 is 66.0. The van der Waals surface area contributed by atoms with E-state index in [0.29, 0.717) is 23.9 Å². The van der Waals surface area contributed by atoms with Gasteiger partial charge in [0.15, 0.2) is 5.82 Å². The second-order valence-electron chi connectivity index (χ2n) is 6.95. The van der Waals surface area contributed by atoms with Gasteiger partial charge in [-0.25, -0.2) is 13.1 Å². The molecule has 0 amide bonds. The third kappa shape index (κ3) is 5.82. The summed E-state index contributed by atoms with van der Waals surface area (Å²) in [6, 6.07) is 11.9. The minimum Gasteiger partial charge on any atom is -0.361 e. The molecule has 2 N–H and O–H groups in total. The van der Waals surface area contributed by atoms with E-state index in [1.807, 2.05) is 0 Å². The zero-order valence-electron chi connectivity index (χ0n) is 16.6. The fourth-order valence-electron chi connectivity index (χ4n) is 3.14. The van der Waals surface area contributed by atoms with Crippen LogP contribution in [0.3, 0.4) is 0 Å². The molecule has 1 heterocycles. The Morgan fingerprint density at radius 2 is 1.74 bits per heavy atom. The Labute approximate surface area is 176 Å². The molecule has 166 valence electrons. The molecule has 3 aromatic rings. The lowest BCUT2D eigenvalue weighted by Crippen LogP contribution is -2.25. The zero-order valence-corrected chi connectivity index (χ0v) is 17.4. The molecule has 3 rings (SSSR count). The van der Waals surface area contributed by atoms with Crippen molar-refractivity contribution in [3.63, 3.8) is 0 Å².